The maximum absolute atomic E-state index is 9.30. The van der Waals surface area contributed by atoms with Crippen LogP contribution in [0, 0.1) is 0 Å². The van der Waals surface area contributed by atoms with Crippen molar-refractivity contribution in [3.05, 3.63) is 29.3 Å². The molecule has 3 nitrogen and oxygen atoms in total. The molecule has 1 aromatic carbocycles. The average Bonchev–Trinajstić information content (AvgIpc) is 2.17. The maximum Gasteiger partial charge on any atom is 0.115 e. The van der Waals surface area contributed by atoms with Crippen molar-refractivity contribution in [3.8, 4) is 5.75 Å². The standard InChI is InChI=1S/C10H13NO2/c12-6-8-5-11-4-7-1-2-9(13)3-10(7)8/h1-3,8,11-13H,4-6H2. The van der Waals surface area contributed by atoms with Gasteiger partial charge in [-0.3, -0.25) is 0 Å². The molecule has 0 fully saturated rings. The van der Waals surface area contributed by atoms with Gasteiger partial charge in [0.2, 0.25) is 0 Å². The number of rotatable bonds is 1. The van der Waals surface area contributed by atoms with Crippen molar-refractivity contribution in [2.75, 3.05) is 13.2 Å². The molecule has 1 aliphatic heterocycles. The number of aliphatic hydroxyl groups is 1. The molecule has 0 amide bonds. The van der Waals surface area contributed by atoms with Gasteiger partial charge in [-0.15, -0.1) is 0 Å². The molecule has 0 saturated heterocycles. The van der Waals surface area contributed by atoms with E-state index in [0.717, 1.165) is 18.7 Å². The molecule has 0 aliphatic carbocycles. The largest absolute Gasteiger partial charge is 0.508 e. The third-order valence-electron chi connectivity index (χ3n) is 2.50. The van der Waals surface area contributed by atoms with E-state index >= 15 is 0 Å². The normalized spacial score (nSPS) is 21.2. The molecule has 0 saturated carbocycles. The van der Waals surface area contributed by atoms with Crippen LogP contribution >= 0.6 is 0 Å². The van der Waals surface area contributed by atoms with Crippen molar-refractivity contribution in [3.63, 3.8) is 0 Å². The number of nitrogens with one attached hydrogen (secondary N) is 1. The number of aromatic hydroxyl groups is 1. The lowest BCUT2D eigenvalue weighted by Crippen LogP contribution is -2.29. The third kappa shape index (κ3) is 1.53. The van der Waals surface area contributed by atoms with Crippen LogP contribution in [0.3, 0.4) is 0 Å². The van der Waals surface area contributed by atoms with Gasteiger partial charge in [-0.25, -0.2) is 0 Å². The molecular weight excluding hydrogens is 166 g/mol. The van der Waals surface area contributed by atoms with Crippen LogP contribution in [0.5, 0.6) is 5.75 Å². The predicted octanol–water partition coefficient (Wildman–Crippen LogP) is 0.571. The lowest BCUT2D eigenvalue weighted by Gasteiger charge is -2.24. The Kier molecular flexibility index (Phi) is 2.20. The second kappa shape index (κ2) is 3.36. The lowest BCUT2D eigenvalue weighted by molar-refractivity contribution is 0.256. The summed E-state index contributed by atoms with van der Waals surface area (Å²) in [6.45, 7) is 1.74. The highest BCUT2D eigenvalue weighted by atomic mass is 16.3. The first kappa shape index (κ1) is 8.53. The fourth-order valence-corrected chi connectivity index (χ4v) is 1.78. The van der Waals surface area contributed by atoms with E-state index in [-0.39, 0.29) is 18.3 Å². The number of phenolic OH excluding ortho intramolecular Hbond substituents is 1. The average molecular weight is 179 g/mol. The fourth-order valence-electron chi connectivity index (χ4n) is 1.78. The Morgan fingerprint density at radius 2 is 2.31 bits per heavy atom. The SMILES string of the molecule is OCC1CNCc2ccc(O)cc21. The Morgan fingerprint density at radius 3 is 3.08 bits per heavy atom. The summed E-state index contributed by atoms with van der Waals surface area (Å²) in [5, 5.41) is 21.6. The highest BCUT2D eigenvalue weighted by molar-refractivity contribution is 5.38. The van der Waals surface area contributed by atoms with Crippen LogP contribution < -0.4 is 5.32 Å². The van der Waals surface area contributed by atoms with Gasteiger partial charge >= 0.3 is 0 Å². The molecule has 1 atom stereocenters. The van der Waals surface area contributed by atoms with Crippen molar-refractivity contribution in [1.29, 1.82) is 0 Å². The summed E-state index contributed by atoms with van der Waals surface area (Å²) in [5.41, 5.74) is 2.24. The van der Waals surface area contributed by atoms with Crippen LogP contribution in [0.15, 0.2) is 18.2 Å². The smallest absolute Gasteiger partial charge is 0.115 e. The molecule has 0 aromatic heterocycles. The Bertz CT molecular complexity index is 312. The molecule has 2 rings (SSSR count). The van der Waals surface area contributed by atoms with Crippen LogP contribution in [-0.2, 0) is 6.54 Å². The summed E-state index contributed by atoms with van der Waals surface area (Å²) in [6.07, 6.45) is 0. The van der Waals surface area contributed by atoms with Gasteiger partial charge in [-0.1, -0.05) is 6.07 Å². The molecule has 0 spiro atoms. The zero-order valence-corrected chi connectivity index (χ0v) is 7.33. The van der Waals surface area contributed by atoms with Gasteiger partial charge in [0.15, 0.2) is 0 Å². The van der Waals surface area contributed by atoms with E-state index in [2.05, 4.69) is 5.32 Å². The van der Waals surface area contributed by atoms with E-state index < -0.39 is 0 Å². The summed E-state index contributed by atoms with van der Waals surface area (Å²) >= 11 is 0. The number of phenols is 1. The predicted molar refractivity (Wildman–Crippen MR) is 49.6 cm³/mol. The highest BCUT2D eigenvalue weighted by Gasteiger charge is 2.18. The van der Waals surface area contributed by atoms with Crippen LogP contribution in [0.25, 0.3) is 0 Å². The minimum atomic E-state index is 0.121. The summed E-state index contributed by atoms with van der Waals surface area (Å²) in [5.74, 6) is 0.398. The van der Waals surface area contributed by atoms with Crippen molar-refractivity contribution in [1.82, 2.24) is 5.32 Å². The molecule has 1 heterocycles. The highest BCUT2D eigenvalue weighted by Crippen LogP contribution is 2.26. The number of hydrogen-bond donors (Lipinski definition) is 3. The van der Waals surface area contributed by atoms with E-state index in [1.165, 1.54) is 5.56 Å². The van der Waals surface area contributed by atoms with Crippen molar-refractivity contribution in [2.24, 2.45) is 0 Å². The van der Waals surface area contributed by atoms with E-state index in [1.807, 2.05) is 6.07 Å². The summed E-state index contributed by atoms with van der Waals surface area (Å²) in [4.78, 5) is 0. The molecule has 0 radical (unpaired) electrons. The molecular formula is C10H13NO2. The Balaban J connectivity index is 2.41. The molecule has 13 heavy (non-hydrogen) atoms. The van der Waals surface area contributed by atoms with E-state index in [1.54, 1.807) is 12.1 Å². The second-order valence-corrected chi connectivity index (χ2v) is 3.39. The molecule has 1 unspecified atom stereocenters. The Morgan fingerprint density at radius 1 is 1.46 bits per heavy atom. The fraction of sp³-hybridized carbons (Fsp3) is 0.400. The van der Waals surface area contributed by atoms with E-state index in [4.69, 9.17) is 5.11 Å². The molecule has 3 N–H and O–H groups in total. The zero-order chi connectivity index (χ0) is 9.26. The van der Waals surface area contributed by atoms with Gasteiger partial charge in [-0.2, -0.15) is 0 Å². The van der Waals surface area contributed by atoms with Crippen LogP contribution in [0.1, 0.15) is 17.0 Å². The topological polar surface area (TPSA) is 52.5 Å². The van der Waals surface area contributed by atoms with Crippen LogP contribution in [0.2, 0.25) is 0 Å². The van der Waals surface area contributed by atoms with Gasteiger partial charge in [0.25, 0.3) is 0 Å². The lowest BCUT2D eigenvalue weighted by atomic mass is 9.91. The second-order valence-electron chi connectivity index (χ2n) is 3.39. The minimum Gasteiger partial charge on any atom is -0.508 e. The number of hydrogen-bond acceptors (Lipinski definition) is 3. The molecule has 1 aromatic rings. The number of benzene rings is 1. The minimum absolute atomic E-state index is 0.121. The van der Waals surface area contributed by atoms with Crippen molar-refractivity contribution in [2.45, 2.75) is 12.5 Å². The van der Waals surface area contributed by atoms with Gasteiger partial charge in [0.1, 0.15) is 5.75 Å². The van der Waals surface area contributed by atoms with Gasteiger partial charge in [0, 0.05) is 19.0 Å². The van der Waals surface area contributed by atoms with Crippen molar-refractivity contribution < 1.29 is 10.2 Å². The third-order valence-corrected chi connectivity index (χ3v) is 2.50. The number of fused-ring (bicyclic) bond motifs is 1. The summed E-state index contributed by atoms with van der Waals surface area (Å²) in [7, 11) is 0. The Labute approximate surface area is 77.0 Å². The molecule has 3 heteroatoms. The first-order chi connectivity index (χ1) is 6.31. The van der Waals surface area contributed by atoms with E-state index in [9.17, 15) is 5.11 Å². The summed E-state index contributed by atoms with van der Waals surface area (Å²) < 4.78 is 0. The Hall–Kier alpha value is -1.06. The molecule has 1 aliphatic rings. The first-order valence-corrected chi connectivity index (χ1v) is 4.44. The van der Waals surface area contributed by atoms with Crippen molar-refractivity contribution >= 4 is 0 Å². The van der Waals surface area contributed by atoms with Gasteiger partial charge in [-0.05, 0) is 23.3 Å². The van der Waals surface area contributed by atoms with Crippen LogP contribution in [-0.4, -0.2) is 23.4 Å². The molecule has 70 valence electrons. The maximum atomic E-state index is 9.30. The molecule has 0 bridgehead atoms. The quantitative estimate of drug-likeness (QED) is 0.591. The first-order valence-electron chi connectivity index (χ1n) is 4.44. The van der Waals surface area contributed by atoms with Crippen LogP contribution in [0.4, 0.5) is 0 Å². The van der Waals surface area contributed by atoms with Gasteiger partial charge < -0.3 is 15.5 Å². The number of aliphatic hydroxyl groups excluding tert-OH is 1. The monoisotopic (exact) mass is 179 g/mol. The summed E-state index contributed by atoms with van der Waals surface area (Å²) in [6, 6.07) is 5.33. The van der Waals surface area contributed by atoms with Gasteiger partial charge in [0.05, 0.1) is 6.61 Å². The van der Waals surface area contributed by atoms with E-state index in [0.29, 0.717) is 0 Å². The zero-order valence-electron chi connectivity index (χ0n) is 7.33.